The van der Waals surface area contributed by atoms with Crippen molar-refractivity contribution in [3.05, 3.63) is 0 Å². The molecule has 0 aliphatic carbocycles. The second kappa shape index (κ2) is 14.9. The molecular weight excluding hydrogens is 272 g/mol. The Bertz CT molecular complexity index is 170. The van der Waals surface area contributed by atoms with Gasteiger partial charge in [0, 0.05) is 13.2 Å². The quantitative estimate of drug-likeness (QED) is 0.226. The lowest BCUT2D eigenvalue weighted by atomic mass is 10.3. The van der Waals surface area contributed by atoms with Gasteiger partial charge in [-0.25, -0.2) is 0 Å². The Labute approximate surface area is 128 Å². The maximum absolute atomic E-state index is 5.96. The molecule has 0 aromatic rings. The first-order chi connectivity index (χ1) is 9.24. The molecule has 0 aromatic carbocycles. The molecule has 116 valence electrons. The van der Waals surface area contributed by atoms with Gasteiger partial charge in [-0.2, -0.15) is 12.6 Å². The maximum atomic E-state index is 5.96. The molecule has 19 heavy (non-hydrogen) atoms. The molecule has 0 saturated carbocycles. The summed E-state index contributed by atoms with van der Waals surface area (Å²) in [6.45, 7) is 8.50. The van der Waals surface area contributed by atoms with E-state index in [9.17, 15) is 0 Å². The van der Waals surface area contributed by atoms with Crippen LogP contribution in [0.1, 0.15) is 65.7 Å². The first-order valence-electron chi connectivity index (χ1n) is 8.08. The average Bonchev–Trinajstić information content (AvgIpc) is 2.39. The molecule has 0 heterocycles. The summed E-state index contributed by atoms with van der Waals surface area (Å²) in [5.41, 5.74) is 0.764. The molecule has 2 nitrogen and oxygen atoms in total. The van der Waals surface area contributed by atoms with Crippen LogP contribution in [0.15, 0.2) is 0 Å². The lowest BCUT2D eigenvalue weighted by Gasteiger charge is -2.21. The maximum Gasteiger partial charge on any atom is 0.135 e. The van der Waals surface area contributed by atoms with Gasteiger partial charge in [-0.3, -0.25) is 0 Å². The van der Waals surface area contributed by atoms with Gasteiger partial charge in [-0.05, 0) is 30.6 Å². The number of ether oxygens (including phenoxy) is 2. The Morgan fingerprint density at radius 3 is 1.89 bits per heavy atom. The van der Waals surface area contributed by atoms with Gasteiger partial charge in [-0.1, -0.05) is 46.5 Å². The lowest BCUT2D eigenvalue weighted by Crippen LogP contribution is -2.28. The normalized spacial score (nSPS) is 13.7. The zero-order valence-electron chi connectivity index (χ0n) is 13.2. The fourth-order valence-electron chi connectivity index (χ4n) is 1.98. The molecule has 0 aliphatic heterocycles. The van der Waals surface area contributed by atoms with E-state index in [1.807, 2.05) is 0 Å². The number of unbranched alkanes of at least 4 members (excludes halogenated alkanes) is 4. The third kappa shape index (κ3) is 13.2. The standard InChI is InChI=1S/C15H34O2SSi/c1-4-6-8-11-16-15(17-12-9-7-5-2)19-14(3)10-13-18/h14-15,18H,4-13,19H2,1-3H3. The first-order valence-corrected chi connectivity index (χ1v) is 10.3. The Kier molecular flexibility index (Phi) is 15.3. The summed E-state index contributed by atoms with van der Waals surface area (Å²) in [6, 6.07) is 0. The van der Waals surface area contributed by atoms with Crippen molar-refractivity contribution in [3.8, 4) is 0 Å². The second-order valence-corrected chi connectivity index (χ2v) is 8.42. The fourth-order valence-corrected chi connectivity index (χ4v) is 4.47. The molecule has 0 aromatic heterocycles. The van der Waals surface area contributed by atoms with Gasteiger partial charge in [0.1, 0.15) is 5.91 Å². The van der Waals surface area contributed by atoms with E-state index >= 15 is 0 Å². The van der Waals surface area contributed by atoms with Crippen molar-refractivity contribution in [1.29, 1.82) is 0 Å². The number of hydrogen-bond acceptors (Lipinski definition) is 3. The van der Waals surface area contributed by atoms with E-state index in [0.717, 1.165) is 24.5 Å². The van der Waals surface area contributed by atoms with Gasteiger partial charge in [0.15, 0.2) is 0 Å². The van der Waals surface area contributed by atoms with Crippen molar-refractivity contribution in [2.24, 2.45) is 0 Å². The first kappa shape index (κ1) is 19.5. The van der Waals surface area contributed by atoms with Crippen molar-refractivity contribution in [3.63, 3.8) is 0 Å². The van der Waals surface area contributed by atoms with Crippen LogP contribution in [0.4, 0.5) is 0 Å². The van der Waals surface area contributed by atoms with Crippen molar-refractivity contribution in [1.82, 2.24) is 0 Å². The van der Waals surface area contributed by atoms with Crippen LogP contribution in [0, 0.1) is 0 Å². The molecule has 0 N–H and O–H groups in total. The largest absolute Gasteiger partial charge is 0.357 e. The lowest BCUT2D eigenvalue weighted by molar-refractivity contribution is -0.0929. The van der Waals surface area contributed by atoms with E-state index < -0.39 is 0 Å². The van der Waals surface area contributed by atoms with Gasteiger partial charge in [0.25, 0.3) is 0 Å². The minimum absolute atomic E-state index is 0.128. The van der Waals surface area contributed by atoms with Crippen LogP contribution in [0.2, 0.25) is 5.54 Å². The predicted octanol–water partition coefficient (Wildman–Crippen LogP) is 3.98. The number of hydrogen-bond donors (Lipinski definition) is 1. The summed E-state index contributed by atoms with van der Waals surface area (Å²) >= 11 is 4.32. The predicted molar refractivity (Wildman–Crippen MR) is 91.2 cm³/mol. The third-order valence-corrected chi connectivity index (χ3v) is 5.65. The van der Waals surface area contributed by atoms with E-state index in [1.165, 1.54) is 44.9 Å². The van der Waals surface area contributed by atoms with Crippen LogP contribution in [-0.2, 0) is 9.47 Å². The molecule has 0 rings (SSSR count). The van der Waals surface area contributed by atoms with Crippen LogP contribution < -0.4 is 0 Å². The van der Waals surface area contributed by atoms with Crippen LogP contribution in [0.5, 0.6) is 0 Å². The monoisotopic (exact) mass is 306 g/mol. The van der Waals surface area contributed by atoms with Crippen molar-refractivity contribution in [2.45, 2.75) is 77.2 Å². The SMILES string of the molecule is CCCCCOC(OCCCCC)[SiH2]C(C)CCS. The van der Waals surface area contributed by atoms with Gasteiger partial charge >= 0.3 is 0 Å². The summed E-state index contributed by atoms with van der Waals surface area (Å²) in [7, 11) is -0.323. The topological polar surface area (TPSA) is 18.5 Å². The van der Waals surface area contributed by atoms with Gasteiger partial charge in [0.05, 0.1) is 9.52 Å². The van der Waals surface area contributed by atoms with E-state index in [0.29, 0.717) is 0 Å². The van der Waals surface area contributed by atoms with Crippen LogP contribution in [-0.4, -0.2) is 34.4 Å². The molecule has 0 fully saturated rings. The molecular formula is C15H34O2SSi. The summed E-state index contributed by atoms with van der Waals surface area (Å²) in [5.74, 6) is 1.11. The highest BCUT2D eigenvalue weighted by Gasteiger charge is 2.14. The van der Waals surface area contributed by atoms with Crippen LogP contribution in [0.3, 0.4) is 0 Å². The Morgan fingerprint density at radius 1 is 0.947 bits per heavy atom. The van der Waals surface area contributed by atoms with E-state index in [1.54, 1.807) is 0 Å². The van der Waals surface area contributed by atoms with Crippen molar-refractivity contribution in [2.75, 3.05) is 19.0 Å². The zero-order valence-corrected chi connectivity index (χ0v) is 15.5. The van der Waals surface area contributed by atoms with Crippen molar-refractivity contribution < 1.29 is 9.47 Å². The zero-order chi connectivity index (χ0) is 14.3. The highest BCUT2D eigenvalue weighted by atomic mass is 32.1. The van der Waals surface area contributed by atoms with Gasteiger partial charge in [0.2, 0.25) is 0 Å². The summed E-state index contributed by atoms with van der Waals surface area (Å²) < 4.78 is 11.9. The molecule has 0 aliphatic rings. The highest BCUT2D eigenvalue weighted by Crippen LogP contribution is 2.13. The minimum atomic E-state index is -0.323. The molecule has 1 atom stereocenters. The third-order valence-electron chi connectivity index (χ3n) is 3.32. The second-order valence-electron chi connectivity index (χ2n) is 5.44. The highest BCUT2D eigenvalue weighted by molar-refractivity contribution is 7.80. The van der Waals surface area contributed by atoms with Crippen molar-refractivity contribution >= 4 is 22.1 Å². The molecule has 4 heteroatoms. The average molecular weight is 307 g/mol. The van der Waals surface area contributed by atoms with Gasteiger partial charge < -0.3 is 9.47 Å². The fraction of sp³-hybridized carbons (Fsp3) is 1.00. The summed E-state index contributed by atoms with van der Waals surface area (Å²) in [4.78, 5) is 0. The van der Waals surface area contributed by atoms with Crippen LogP contribution >= 0.6 is 12.6 Å². The van der Waals surface area contributed by atoms with E-state index in [-0.39, 0.29) is 15.4 Å². The molecule has 0 saturated heterocycles. The molecule has 0 spiro atoms. The van der Waals surface area contributed by atoms with Gasteiger partial charge in [-0.15, -0.1) is 0 Å². The molecule has 0 amide bonds. The van der Waals surface area contributed by atoms with Crippen LogP contribution in [0.25, 0.3) is 0 Å². The Hall–Kier alpha value is 0.487. The molecule has 0 radical (unpaired) electrons. The summed E-state index contributed by atoms with van der Waals surface area (Å²) in [5, 5.41) is 0. The van der Waals surface area contributed by atoms with E-state index in [2.05, 4.69) is 33.4 Å². The minimum Gasteiger partial charge on any atom is -0.357 e. The number of rotatable bonds is 14. The molecule has 1 unspecified atom stereocenters. The molecule has 0 bridgehead atoms. The number of thiol groups is 1. The van der Waals surface area contributed by atoms with E-state index in [4.69, 9.17) is 9.47 Å². The summed E-state index contributed by atoms with van der Waals surface area (Å²) in [6.07, 6.45) is 8.55. The Balaban J connectivity index is 3.85. The smallest absolute Gasteiger partial charge is 0.135 e. The Morgan fingerprint density at radius 2 is 1.47 bits per heavy atom.